The molecule has 90 valence electrons. The molecule has 0 aliphatic heterocycles. The van der Waals surface area contributed by atoms with Crippen LogP contribution in [-0.4, -0.2) is 24.3 Å². The van der Waals surface area contributed by atoms with E-state index in [0.29, 0.717) is 6.54 Å². The van der Waals surface area contributed by atoms with E-state index >= 15 is 0 Å². The molecule has 5 heteroatoms. The van der Waals surface area contributed by atoms with E-state index in [4.69, 9.17) is 0 Å². The molecule has 2 N–H and O–H groups in total. The number of likely N-dealkylation sites (N-methyl/N-ethyl adjacent to an activating group) is 1. The van der Waals surface area contributed by atoms with E-state index in [1.54, 1.807) is 0 Å². The fourth-order valence-electron chi connectivity index (χ4n) is 1.36. The van der Waals surface area contributed by atoms with Crippen LogP contribution in [0, 0.1) is 17.5 Å². The molecular weight excluding hydrogens is 219 g/mol. The molecule has 1 atom stereocenters. The normalized spacial score (nSPS) is 12.8. The maximum Gasteiger partial charge on any atom is 0.194 e. The first kappa shape index (κ1) is 13.0. The Balaban J connectivity index is 2.70. The maximum absolute atomic E-state index is 13.2. The number of benzene rings is 1. The molecule has 1 rings (SSSR count). The molecule has 16 heavy (non-hydrogen) atoms. The second-order valence-electron chi connectivity index (χ2n) is 3.50. The van der Waals surface area contributed by atoms with E-state index in [1.807, 2.05) is 6.92 Å². The molecule has 0 aromatic heterocycles. The molecule has 0 aliphatic carbocycles. The van der Waals surface area contributed by atoms with Crippen LogP contribution in [0.1, 0.15) is 12.5 Å². The first-order valence-electron chi connectivity index (χ1n) is 5.07. The summed E-state index contributed by atoms with van der Waals surface area (Å²) in [5.74, 6) is -3.94. The number of aliphatic hydroxyl groups excluding tert-OH is 1. The van der Waals surface area contributed by atoms with Crippen LogP contribution in [0.5, 0.6) is 0 Å². The predicted octanol–water partition coefficient (Wildman–Crippen LogP) is 1.62. The molecule has 0 spiro atoms. The van der Waals surface area contributed by atoms with Crippen molar-refractivity contribution in [3.8, 4) is 0 Å². The third-order valence-electron chi connectivity index (χ3n) is 2.20. The second-order valence-corrected chi connectivity index (χ2v) is 3.50. The molecule has 1 aromatic carbocycles. The lowest BCUT2D eigenvalue weighted by atomic mass is 10.1. The quantitative estimate of drug-likeness (QED) is 0.757. The average Bonchev–Trinajstić information content (AvgIpc) is 2.27. The van der Waals surface area contributed by atoms with Crippen LogP contribution in [-0.2, 0) is 6.42 Å². The highest BCUT2D eigenvalue weighted by Gasteiger charge is 2.15. The van der Waals surface area contributed by atoms with Crippen molar-refractivity contribution in [3.05, 3.63) is 35.1 Å². The van der Waals surface area contributed by atoms with Crippen molar-refractivity contribution < 1.29 is 18.3 Å². The summed E-state index contributed by atoms with van der Waals surface area (Å²) in [5, 5.41) is 12.3. The van der Waals surface area contributed by atoms with Crippen molar-refractivity contribution in [1.29, 1.82) is 0 Å². The van der Waals surface area contributed by atoms with Crippen molar-refractivity contribution in [1.82, 2.24) is 5.32 Å². The van der Waals surface area contributed by atoms with Crippen LogP contribution in [0.25, 0.3) is 0 Å². The van der Waals surface area contributed by atoms with E-state index < -0.39 is 23.6 Å². The highest BCUT2D eigenvalue weighted by Crippen LogP contribution is 2.16. The van der Waals surface area contributed by atoms with Crippen LogP contribution in [0.2, 0.25) is 0 Å². The van der Waals surface area contributed by atoms with Crippen molar-refractivity contribution in [2.24, 2.45) is 0 Å². The zero-order chi connectivity index (χ0) is 12.1. The van der Waals surface area contributed by atoms with Crippen molar-refractivity contribution >= 4 is 0 Å². The minimum Gasteiger partial charge on any atom is -0.391 e. The van der Waals surface area contributed by atoms with E-state index in [1.165, 1.54) is 0 Å². The molecule has 0 saturated heterocycles. The smallest absolute Gasteiger partial charge is 0.194 e. The fraction of sp³-hybridized carbons (Fsp3) is 0.455. The largest absolute Gasteiger partial charge is 0.391 e. The van der Waals surface area contributed by atoms with Gasteiger partial charge in [-0.3, -0.25) is 0 Å². The van der Waals surface area contributed by atoms with Gasteiger partial charge >= 0.3 is 0 Å². The lowest BCUT2D eigenvalue weighted by molar-refractivity contribution is 0.171. The predicted molar refractivity (Wildman–Crippen MR) is 54.6 cm³/mol. The zero-order valence-corrected chi connectivity index (χ0v) is 8.93. The Kier molecular flexibility index (Phi) is 4.76. The Morgan fingerprint density at radius 3 is 2.56 bits per heavy atom. The summed E-state index contributed by atoms with van der Waals surface area (Å²) in [7, 11) is 0. The first-order valence-corrected chi connectivity index (χ1v) is 5.07. The van der Waals surface area contributed by atoms with Gasteiger partial charge in [-0.1, -0.05) is 13.0 Å². The topological polar surface area (TPSA) is 32.3 Å². The van der Waals surface area contributed by atoms with Crippen LogP contribution in [0.3, 0.4) is 0 Å². The number of rotatable bonds is 5. The zero-order valence-electron chi connectivity index (χ0n) is 8.93. The monoisotopic (exact) mass is 233 g/mol. The number of hydrogen-bond acceptors (Lipinski definition) is 2. The molecule has 0 fully saturated rings. The number of nitrogens with one attached hydrogen (secondary N) is 1. The number of aliphatic hydroxyl groups is 1. The number of halogens is 3. The maximum atomic E-state index is 13.2. The highest BCUT2D eigenvalue weighted by molar-refractivity contribution is 5.21. The molecule has 0 saturated carbocycles. The van der Waals surface area contributed by atoms with Gasteiger partial charge in [-0.15, -0.1) is 0 Å². The summed E-state index contributed by atoms with van der Waals surface area (Å²) in [5.41, 5.74) is -0.0238. The summed E-state index contributed by atoms with van der Waals surface area (Å²) in [6.07, 6.45) is -0.866. The Hall–Kier alpha value is -1.07. The highest BCUT2D eigenvalue weighted by atomic mass is 19.2. The summed E-state index contributed by atoms with van der Waals surface area (Å²) in [6, 6.07) is 2.00. The molecule has 0 heterocycles. The van der Waals surface area contributed by atoms with Gasteiger partial charge in [0.25, 0.3) is 0 Å². The molecule has 2 nitrogen and oxygen atoms in total. The second kappa shape index (κ2) is 5.86. The van der Waals surface area contributed by atoms with Gasteiger partial charge in [0.15, 0.2) is 17.5 Å². The third kappa shape index (κ3) is 3.21. The third-order valence-corrected chi connectivity index (χ3v) is 2.20. The molecule has 0 aliphatic rings. The Morgan fingerprint density at radius 1 is 1.25 bits per heavy atom. The summed E-state index contributed by atoms with van der Waals surface area (Å²) < 4.78 is 38.7. The van der Waals surface area contributed by atoms with Gasteiger partial charge in [0.2, 0.25) is 0 Å². The van der Waals surface area contributed by atoms with Gasteiger partial charge in [-0.2, -0.15) is 0 Å². The van der Waals surface area contributed by atoms with E-state index in [0.717, 1.165) is 12.1 Å². The van der Waals surface area contributed by atoms with Crippen LogP contribution >= 0.6 is 0 Å². The molecule has 0 radical (unpaired) electrons. The molecule has 0 bridgehead atoms. The Morgan fingerprint density at radius 2 is 1.94 bits per heavy atom. The minimum atomic E-state index is -1.49. The standard InChI is InChI=1S/C11H14F3NO/c1-2-15-6-8(16)5-7-3-4-9(12)11(14)10(7)13/h3-4,8,15-16H,2,5-6H2,1H3. The summed E-state index contributed by atoms with van der Waals surface area (Å²) >= 11 is 0. The summed E-state index contributed by atoms with van der Waals surface area (Å²) in [6.45, 7) is 2.83. The van der Waals surface area contributed by atoms with Crippen LogP contribution in [0.15, 0.2) is 12.1 Å². The van der Waals surface area contributed by atoms with Gasteiger partial charge in [-0.05, 0) is 18.2 Å². The fourth-order valence-corrected chi connectivity index (χ4v) is 1.36. The Bertz CT molecular complexity index is 357. The van der Waals surface area contributed by atoms with E-state index in [9.17, 15) is 18.3 Å². The van der Waals surface area contributed by atoms with Crippen LogP contribution in [0.4, 0.5) is 13.2 Å². The molecule has 0 amide bonds. The molecule has 1 unspecified atom stereocenters. The van der Waals surface area contributed by atoms with Gasteiger partial charge in [0.05, 0.1) is 6.10 Å². The Labute approximate surface area is 92.1 Å². The minimum absolute atomic E-state index is 0.0238. The molecular formula is C11H14F3NO. The van der Waals surface area contributed by atoms with Crippen molar-refractivity contribution in [2.45, 2.75) is 19.4 Å². The first-order chi connectivity index (χ1) is 7.56. The summed E-state index contributed by atoms with van der Waals surface area (Å²) in [4.78, 5) is 0. The van der Waals surface area contributed by atoms with Gasteiger partial charge in [0, 0.05) is 13.0 Å². The van der Waals surface area contributed by atoms with Gasteiger partial charge in [-0.25, -0.2) is 13.2 Å². The van der Waals surface area contributed by atoms with Crippen molar-refractivity contribution in [3.63, 3.8) is 0 Å². The van der Waals surface area contributed by atoms with Crippen molar-refractivity contribution in [2.75, 3.05) is 13.1 Å². The molecule has 1 aromatic rings. The lowest BCUT2D eigenvalue weighted by Gasteiger charge is -2.11. The average molecular weight is 233 g/mol. The van der Waals surface area contributed by atoms with E-state index in [-0.39, 0.29) is 18.5 Å². The number of hydrogen-bond donors (Lipinski definition) is 2. The van der Waals surface area contributed by atoms with E-state index in [2.05, 4.69) is 5.32 Å². The van der Waals surface area contributed by atoms with Crippen LogP contribution < -0.4 is 5.32 Å². The van der Waals surface area contributed by atoms with Gasteiger partial charge in [0.1, 0.15) is 0 Å². The lowest BCUT2D eigenvalue weighted by Crippen LogP contribution is -2.28. The van der Waals surface area contributed by atoms with Gasteiger partial charge < -0.3 is 10.4 Å². The SMILES string of the molecule is CCNCC(O)Cc1ccc(F)c(F)c1F.